The number of aromatic hydroxyl groups is 1. The topological polar surface area (TPSA) is 49.3 Å². The van der Waals surface area contributed by atoms with E-state index in [9.17, 15) is 9.90 Å². The lowest BCUT2D eigenvalue weighted by Gasteiger charge is -2.04. The summed E-state index contributed by atoms with van der Waals surface area (Å²) >= 11 is 0. The molecule has 0 aliphatic rings. The van der Waals surface area contributed by atoms with E-state index in [1.165, 1.54) is 12.3 Å². The van der Waals surface area contributed by atoms with E-state index in [0.29, 0.717) is 11.3 Å². The molecule has 19 heavy (non-hydrogen) atoms. The fourth-order valence-electron chi connectivity index (χ4n) is 1.67. The first kappa shape index (κ1) is 12.9. The van der Waals surface area contributed by atoms with Crippen LogP contribution >= 0.6 is 0 Å². The average Bonchev–Trinajstić information content (AvgIpc) is 2.42. The van der Waals surface area contributed by atoms with Crippen molar-refractivity contribution in [3.63, 3.8) is 0 Å². The van der Waals surface area contributed by atoms with Gasteiger partial charge in [-0.1, -0.05) is 36.4 Å². The largest absolute Gasteiger partial charge is 0.506 e. The zero-order valence-corrected chi connectivity index (χ0v) is 10.6. The number of phenols is 1. The second kappa shape index (κ2) is 5.87. The lowest BCUT2D eigenvalue weighted by molar-refractivity contribution is 0.104. The number of benzene rings is 2. The van der Waals surface area contributed by atoms with E-state index < -0.39 is 0 Å². The third-order valence-electron chi connectivity index (χ3n) is 2.69. The number of anilines is 1. The summed E-state index contributed by atoms with van der Waals surface area (Å²) in [7, 11) is 0. The Balaban J connectivity index is 2.02. The highest BCUT2D eigenvalue weighted by atomic mass is 16.3. The Morgan fingerprint density at radius 2 is 1.89 bits per heavy atom. The molecule has 0 spiro atoms. The molecule has 0 saturated carbocycles. The lowest BCUT2D eigenvalue weighted by Crippen LogP contribution is -1.96. The molecule has 3 heteroatoms. The zero-order valence-electron chi connectivity index (χ0n) is 10.6. The predicted molar refractivity (Wildman–Crippen MR) is 76.4 cm³/mol. The number of ketones is 1. The van der Waals surface area contributed by atoms with Crippen LogP contribution in [0.5, 0.6) is 5.75 Å². The molecule has 0 amide bonds. The van der Waals surface area contributed by atoms with Crippen molar-refractivity contribution in [3.8, 4) is 5.75 Å². The van der Waals surface area contributed by atoms with E-state index in [1.807, 2.05) is 31.2 Å². The van der Waals surface area contributed by atoms with Crippen LogP contribution in [0, 0.1) is 6.92 Å². The number of rotatable bonds is 4. The van der Waals surface area contributed by atoms with Crippen LogP contribution in [0.1, 0.15) is 15.9 Å². The smallest absolute Gasteiger partial charge is 0.187 e. The van der Waals surface area contributed by atoms with Crippen LogP contribution in [-0.4, -0.2) is 10.9 Å². The quantitative estimate of drug-likeness (QED) is 0.498. The van der Waals surface area contributed by atoms with E-state index in [0.717, 1.165) is 5.56 Å². The Labute approximate surface area is 112 Å². The van der Waals surface area contributed by atoms with Crippen molar-refractivity contribution in [2.45, 2.75) is 6.92 Å². The first-order chi connectivity index (χ1) is 9.16. The molecule has 0 atom stereocenters. The highest BCUT2D eigenvalue weighted by Crippen LogP contribution is 2.23. The molecule has 2 N–H and O–H groups in total. The fourth-order valence-corrected chi connectivity index (χ4v) is 1.67. The van der Waals surface area contributed by atoms with E-state index in [2.05, 4.69) is 5.32 Å². The van der Waals surface area contributed by atoms with Crippen molar-refractivity contribution in [2.75, 3.05) is 5.32 Å². The van der Waals surface area contributed by atoms with Gasteiger partial charge in [0.1, 0.15) is 5.75 Å². The summed E-state index contributed by atoms with van der Waals surface area (Å²) in [6.07, 6.45) is 2.97. The van der Waals surface area contributed by atoms with Gasteiger partial charge in [0, 0.05) is 17.8 Å². The van der Waals surface area contributed by atoms with Gasteiger partial charge < -0.3 is 10.4 Å². The molecule has 96 valence electrons. The van der Waals surface area contributed by atoms with E-state index in [1.54, 1.807) is 24.3 Å². The highest BCUT2D eigenvalue weighted by molar-refractivity contribution is 6.04. The maximum absolute atomic E-state index is 11.8. The monoisotopic (exact) mass is 253 g/mol. The van der Waals surface area contributed by atoms with Crippen LogP contribution in [0.4, 0.5) is 5.69 Å². The molecular formula is C16H15NO2. The maximum Gasteiger partial charge on any atom is 0.187 e. The summed E-state index contributed by atoms with van der Waals surface area (Å²) in [5.41, 5.74) is 2.18. The number of carbonyl (C=O) groups excluding carboxylic acids is 1. The molecule has 0 radical (unpaired) electrons. The summed E-state index contributed by atoms with van der Waals surface area (Å²) in [4.78, 5) is 11.8. The maximum atomic E-state index is 11.8. The summed E-state index contributed by atoms with van der Waals surface area (Å²) in [5, 5.41) is 12.6. The van der Waals surface area contributed by atoms with Gasteiger partial charge in [0.05, 0.1) is 5.69 Å². The predicted octanol–water partition coefficient (Wildman–Crippen LogP) is 3.51. The van der Waals surface area contributed by atoms with Crippen LogP contribution in [0.2, 0.25) is 0 Å². The van der Waals surface area contributed by atoms with Crippen molar-refractivity contribution < 1.29 is 9.90 Å². The van der Waals surface area contributed by atoms with Crippen molar-refractivity contribution in [3.05, 3.63) is 71.9 Å². The Morgan fingerprint density at radius 1 is 1.16 bits per heavy atom. The lowest BCUT2D eigenvalue weighted by atomic mass is 10.1. The molecule has 2 aromatic carbocycles. The summed E-state index contributed by atoms with van der Waals surface area (Å²) in [6, 6.07) is 14.3. The molecule has 2 rings (SSSR count). The molecule has 0 aliphatic heterocycles. The Hall–Kier alpha value is -2.55. The van der Waals surface area contributed by atoms with Gasteiger partial charge >= 0.3 is 0 Å². The van der Waals surface area contributed by atoms with Gasteiger partial charge in [-0.05, 0) is 24.6 Å². The molecule has 0 fully saturated rings. The SMILES string of the molecule is Cc1ccc(N/C=C/C(=O)c2ccccc2)c(O)c1. The van der Waals surface area contributed by atoms with Gasteiger partial charge in [-0.15, -0.1) is 0 Å². The molecule has 0 unspecified atom stereocenters. The highest BCUT2D eigenvalue weighted by Gasteiger charge is 2.00. The van der Waals surface area contributed by atoms with Crippen molar-refractivity contribution in [1.29, 1.82) is 0 Å². The number of carbonyl (C=O) groups is 1. The van der Waals surface area contributed by atoms with Gasteiger partial charge in [-0.2, -0.15) is 0 Å². The van der Waals surface area contributed by atoms with Gasteiger partial charge in [0.15, 0.2) is 5.78 Å². The van der Waals surface area contributed by atoms with Crippen molar-refractivity contribution >= 4 is 11.5 Å². The van der Waals surface area contributed by atoms with E-state index >= 15 is 0 Å². The zero-order chi connectivity index (χ0) is 13.7. The first-order valence-electron chi connectivity index (χ1n) is 5.99. The Kier molecular flexibility index (Phi) is 3.98. The number of allylic oxidation sites excluding steroid dienone is 1. The average molecular weight is 253 g/mol. The molecule has 0 saturated heterocycles. The molecule has 0 heterocycles. The standard InChI is InChI=1S/C16H15NO2/c1-12-7-8-14(16(19)11-12)17-10-9-15(18)13-5-3-2-4-6-13/h2-11,17,19H,1H3/b10-9+. The molecule has 3 nitrogen and oxygen atoms in total. The van der Waals surface area contributed by atoms with Crippen LogP contribution in [0.3, 0.4) is 0 Å². The number of aryl methyl sites for hydroxylation is 1. The number of nitrogens with one attached hydrogen (secondary N) is 1. The number of hydrogen-bond acceptors (Lipinski definition) is 3. The minimum Gasteiger partial charge on any atom is -0.506 e. The Morgan fingerprint density at radius 3 is 2.58 bits per heavy atom. The van der Waals surface area contributed by atoms with Gasteiger partial charge in [-0.25, -0.2) is 0 Å². The van der Waals surface area contributed by atoms with Crippen molar-refractivity contribution in [1.82, 2.24) is 0 Å². The molecule has 0 bridgehead atoms. The molecule has 0 aromatic heterocycles. The molecule has 2 aromatic rings. The number of hydrogen-bond donors (Lipinski definition) is 2. The summed E-state index contributed by atoms with van der Waals surface area (Å²) in [6.45, 7) is 1.90. The Bertz CT molecular complexity index is 603. The van der Waals surface area contributed by atoms with Crippen LogP contribution in [-0.2, 0) is 0 Å². The van der Waals surface area contributed by atoms with Gasteiger partial charge in [0.2, 0.25) is 0 Å². The minimum absolute atomic E-state index is 0.0836. The number of phenolic OH excluding ortho intramolecular Hbond substituents is 1. The molecular weight excluding hydrogens is 238 g/mol. The van der Waals surface area contributed by atoms with Crippen LogP contribution < -0.4 is 5.32 Å². The van der Waals surface area contributed by atoms with Crippen molar-refractivity contribution in [2.24, 2.45) is 0 Å². The molecule has 0 aliphatic carbocycles. The van der Waals surface area contributed by atoms with E-state index in [-0.39, 0.29) is 11.5 Å². The fraction of sp³-hybridized carbons (Fsp3) is 0.0625. The summed E-state index contributed by atoms with van der Waals surface area (Å²) in [5.74, 6) is 0.0801. The first-order valence-corrected chi connectivity index (χ1v) is 5.99. The van der Waals surface area contributed by atoms with Gasteiger partial charge in [-0.3, -0.25) is 4.79 Å². The normalized spacial score (nSPS) is 10.6. The van der Waals surface area contributed by atoms with Gasteiger partial charge in [0.25, 0.3) is 0 Å². The third-order valence-corrected chi connectivity index (χ3v) is 2.69. The summed E-state index contributed by atoms with van der Waals surface area (Å²) < 4.78 is 0. The van der Waals surface area contributed by atoms with E-state index in [4.69, 9.17) is 0 Å². The van der Waals surface area contributed by atoms with Crippen LogP contribution in [0.15, 0.2) is 60.8 Å². The third kappa shape index (κ3) is 3.45. The minimum atomic E-state index is -0.0836. The van der Waals surface area contributed by atoms with Crippen LogP contribution in [0.25, 0.3) is 0 Å². The second-order valence-corrected chi connectivity index (χ2v) is 4.23. The second-order valence-electron chi connectivity index (χ2n) is 4.23.